The Morgan fingerprint density at radius 3 is 1.49 bits per heavy atom. The smallest absolute Gasteiger partial charge is 0.193 e. The summed E-state index contributed by atoms with van der Waals surface area (Å²) in [6.45, 7) is 11.0. The van der Waals surface area contributed by atoms with E-state index in [1.54, 1.807) is 0 Å². The SMILES string of the molecule is CCCCCC/C=C\CCCCCCCCCC/C=C\CCCCCOC[C@H](COP(=O)([O-])C(CC)[N+](C)(C)C)OC(C)(C)C. The number of quaternary nitrogens is 1. The van der Waals surface area contributed by atoms with Crippen LogP contribution in [0.15, 0.2) is 24.3 Å². The maximum atomic E-state index is 12.9. The minimum atomic E-state index is -4.05. The van der Waals surface area contributed by atoms with Crippen molar-refractivity contribution in [3.8, 4) is 0 Å². The van der Waals surface area contributed by atoms with Gasteiger partial charge in [0.05, 0.1) is 40.0 Å². The monoisotopic (exact) mass is 658 g/mol. The fraction of sp³-hybridized carbons (Fsp3) is 0.895. The molecule has 0 saturated heterocycles. The molecule has 45 heavy (non-hydrogen) atoms. The first-order chi connectivity index (χ1) is 21.3. The van der Waals surface area contributed by atoms with Crippen molar-refractivity contribution in [1.29, 1.82) is 0 Å². The van der Waals surface area contributed by atoms with E-state index in [0.29, 0.717) is 24.1 Å². The fourth-order valence-corrected chi connectivity index (χ4v) is 7.53. The molecule has 3 atom stereocenters. The highest BCUT2D eigenvalue weighted by molar-refractivity contribution is 7.51. The summed E-state index contributed by atoms with van der Waals surface area (Å²) in [5.41, 5.74) is -0.412. The maximum Gasteiger partial charge on any atom is 0.193 e. The van der Waals surface area contributed by atoms with E-state index in [9.17, 15) is 9.46 Å². The van der Waals surface area contributed by atoms with E-state index < -0.39 is 25.1 Å². The van der Waals surface area contributed by atoms with Gasteiger partial charge in [-0.1, -0.05) is 102 Å². The number of allylic oxidation sites excluding steroid dienone is 4. The van der Waals surface area contributed by atoms with Gasteiger partial charge in [0, 0.05) is 13.0 Å². The van der Waals surface area contributed by atoms with Crippen molar-refractivity contribution < 1.29 is 27.9 Å². The van der Waals surface area contributed by atoms with Crippen LogP contribution in [0.25, 0.3) is 0 Å². The van der Waals surface area contributed by atoms with Crippen LogP contribution < -0.4 is 4.89 Å². The van der Waals surface area contributed by atoms with E-state index in [4.69, 9.17) is 14.0 Å². The third kappa shape index (κ3) is 28.3. The molecule has 0 heterocycles. The summed E-state index contributed by atoms with van der Waals surface area (Å²) in [6.07, 6.45) is 34.2. The molecule has 268 valence electrons. The highest BCUT2D eigenvalue weighted by atomic mass is 31.2. The lowest BCUT2D eigenvalue weighted by Gasteiger charge is -2.41. The van der Waals surface area contributed by atoms with Gasteiger partial charge in [-0.2, -0.15) is 0 Å². The summed E-state index contributed by atoms with van der Waals surface area (Å²) >= 11 is 0. The van der Waals surface area contributed by atoms with Gasteiger partial charge in [-0.3, -0.25) is 0 Å². The average Bonchev–Trinajstić information content (AvgIpc) is 2.94. The number of hydrogen-bond acceptors (Lipinski definition) is 5. The fourth-order valence-electron chi connectivity index (χ4n) is 5.69. The molecule has 0 fully saturated rings. The van der Waals surface area contributed by atoms with Crippen molar-refractivity contribution in [3.05, 3.63) is 24.3 Å². The van der Waals surface area contributed by atoms with Crippen molar-refractivity contribution in [1.82, 2.24) is 0 Å². The van der Waals surface area contributed by atoms with Crippen LogP contribution in [0.3, 0.4) is 0 Å². The Labute approximate surface area is 280 Å². The van der Waals surface area contributed by atoms with Gasteiger partial charge in [0.15, 0.2) is 13.4 Å². The Bertz CT molecular complexity index is 771. The number of hydrogen-bond donors (Lipinski definition) is 0. The van der Waals surface area contributed by atoms with Crippen LogP contribution in [-0.4, -0.2) is 62.9 Å². The van der Waals surface area contributed by atoms with E-state index in [1.807, 2.05) is 48.8 Å². The number of unbranched alkanes of at least 4 members (excludes halogenated alkanes) is 16. The zero-order valence-corrected chi connectivity index (χ0v) is 32.1. The van der Waals surface area contributed by atoms with Gasteiger partial charge in [0.25, 0.3) is 0 Å². The molecule has 0 aromatic rings. The molecule has 0 aliphatic rings. The van der Waals surface area contributed by atoms with Gasteiger partial charge in [-0.25, -0.2) is 0 Å². The highest BCUT2D eigenvalue weighted by Gasteiger charge is 2.34. The third-order valence-electron chi connectivity index (χ3n) is 8.10. The summed E-state index contributed by atoms with van der Waals surface area (Å²) in [5, 5.41) is 0. The predicted molar refractivity (Wildman–Crippen MR) is 193 cm³/mol. The summed E-state index contributed by atoms with van der Waals surface area (Å²) in [5.74, 6) is -0.588. The molecule has 0 aliphatic heterocycles. The Balaban J connectivity index is 3.82. The van der Waals surface area contributed by atoms with Crippen LogP contribution in [0, 0.1) is 0 Å². The molecule has 0 bridgehead atoms. The lowest BCUT2D eigenvalue weighted by Crippen LogP contribution is -2.47. The molecule has 2 unspecified atom stereocenters. The zero-order valence-electron chi connectivity index (χ0n) is 31.2. The second-order valence-corrected chi connectivity index (χ2v) is 16.7. The first kappa shape index (κ1) is 44.5. The van der Waals surface area contributed by atoms with Gasteiger partial charge in [0.2, 0.25) is 0 Å². The second kappa shape index (κ2) is 27.5. The van der Waals surface area contributed by atoms with Gasteiger partial charge < -0.3 is 27.9 Å². The summed E-state index contributed by atoms with van der Waals surface area (Å²) < 4.78 is 30.6. The largest absolute Gasteiger partial charge is 0.774 e. The van der Waals surface area contributed by atoms with Crippen LogP contribution in [0.2, 0.25) is 0 Å². The van der Waals surface area contributed by atoms with E-state index in [1.165, 1.54) is 103 Å². The van der Waals surface area contributed by atoms with Crippen molar-refractivity contribution in [2.75, 3.05) is 41.0 Å². The molecule has 0 aromatic carbocycles. The number of rotatable bonds is 31. The maximum absolute atomic E-state index is 12.9. The Kier molecular flexibility index (Phi) is 27.2. The van der Waals surface area contributed by atoms with E-state index >= 15 is 0 Å². The van der Waals surface area contributed by atoms with E-state index in [2.05, 4.69) is 31.2 Å². The Morgan fingerprint density at radius 2 is 1.09 bits per heavy atom. The molecule has 0 saturated carbocycles. The molecule has 0 N–H and O–H groups in total. The van der Waals surface area contributed by atoms with Crippen LogP contribution in [0.4, 0.5) is 0 Å². The first-order valence-corrected chi connectivity index (χ1v) is 20.3. The molecule has 0 radical (unpaired) electrons. The molecular weight excluding hydrogens is 581 g/mol. The molecular formula is C38H76NO5P. The Hall–Kier alpha value is -0.490. The van der Waals surface area contributed by atoms with Gasteiger partial charge in [0.1, 0.15) is 6.10 Å². The molecule has 0 amide bonds. The van der Waals surface area contributed by atoms with Gasteiger partial charge >= 0.3 is 0 Å². The topological polar surface area (TPSA) is 67.8 Å². The van der Waals surface area contributed by atoms with Crippen LogP contribution in [-0.2, 0) is 18.6 Å². The Morgan fingerprint density at radius 1 is 0.667 bits per heavy atom. The lowest BCUT2D eigenvalue weighted by molar-refractivity contribution is -0.884. The lowest BCUT2D eigenvalue weighted by atomic mass is 10.1. The van der Waals surface area contributed by atoms with Crippen LogP contribution in [0.5, 0.6) is 0 Å². The van der Waals surface area contributed by atoms with Crippen molar-refractivity contribution >= 4 is 7.60 Å². The summed E-state index contributed by atoms with van der Waals surface area (Å²) in [6, 6.07) is 0. The summed E-state index contributed by atoms with van der Waals surface area (Å²) in [4.78, 5) is 12.9. The van der Waals surface area contributed by atoms with Crippen molar-refractivity contribution in [2.45, 2.75) is 181 Å². The van der Waals surface area contributed by atoms with Gasteiger partial charge in [-0.15, -0.1) is 0 Å². The molecule has 0 aliphatic carbocycles. The van der Waals surface area contributed by atoms with Gasteiger partial charge in [-0.05, 0) is 78.6 Å². The number of ether oxygens (including phenoxy) is 2. The molecule has 0 spiro atoms. The standard InChI is InChI=1S/C38H76NO5P/c1-9-11-12-13-14-15-16-17-18-19-20-21-22-23-24-25-26-27-28-29-30-31-32-33-42-34-36(44-38(3,4)5)35-43-45(40,41)37(10-2)39(6,7)8/h15-16,27-28,36-37H,9-14,17-26,29-35H2,1-8H3/b16-15-,28-27-/t36-,37?/m1/s1. The van der Waals surface area contributed by atoms with E-state index in [0.717, 1.165) is 19.3 Å². The highest BCUT2D eigenvalue weighted by Crippen LogP contribution is 2.47. The van der Waals surface area contributed by atoms with Crippen molar-refractivity contribution in [2.24, 2.45) is 0 Å². The van der Waals surface area contributed by atoms with E-state index in [-0.39, 0.29) is 6.61 Å². The number of nitrogens with zero attached hydrogens (tertiary/aromatic N) is 1. The predicted octanol–water partition coefficient (Wildman–Crippen LogP) is 10.7. The van der Waals surface area contributed by atoms with Crippen LogP contribution in [0.1, 0.15) is 163 Å². The first-order valence-electron chi connectivity index (χ1n) is 18.7. The normalized spacial score (nSPS) is 15.7. The molecule has 0 aromatic heterocycles. The molecule has 6 nitrogen and oxygen atoms in total. The average molecular weight is 658 g/mol. The molecule has 0 rings (SSSR count). The van der Waals surface area contributed by atoms with Crippen LogP contribution >= 0.6 is 7.60 Å². The minimum absolute atomic E-state index is 0.0171. The molecule has 7 heteroatoms. The quantitative estimate of drug-likeness (QED) is 0.0321. The minimum Gasteiger partial charge on any atom is -0.774 e. The third-order valence-corrected chi connectivity index (χ3v) is 10.4. The van der Waals surface area contributed by atoms with Crippen molar-refractivity contribution in [3.63, 3.8) is 0 Å². The summed E-state index contributed by atoms with van der Waals surface area (Å²) in [7, 11) is 1.59. The zero-order chi connectivity index (χ0) is 33.9. The second-order valence-electron chi connectivity index (χ2n) is 14.8.